The molecule has 1 aromatic rings. The van der Waals surface area contributed by atoms with Gasteiger partial charge in [-0.05, 0) is 25.3 Å². The van der Waals surface area contributed by atoms with Crippen molar-refractivity contribution in [2.45, 2.75) is 50.8 Å². The second-order valence-electron chi connectivity index (χ2n) is 6.39. The largest absolute Gasteiger partial charge is 0.480 e. The van der Waals surface area contributed by atoms with Gasteiger partial charge in [0.2, 0.25) is 11.8 Å². The van der Waals surface area contributed by atoms with Gasteiger partial charge in [0, 0.05) is 13.0 Å². The predicted octanol–water partition coefficient (Wildman–Crippen LogP) is 0.560. The summed E-state index contributed by atoms with van der Waals surface area (Å²) in [5.74, 6) is -1.86. The molecule has 0 spiro atoms. The van der Waals surface area contributed by atoms with Gasteiger partial charge in [-0.2, -0.15) is 0 Å². The van der Waals surface area contributed by atoms with E-state index in [0.717, 1.165) is 5.56 Å². The maximum Gasteiger partial charge on any atom is 0.326 e. The first-order valence-electron chi connectivity index (χ1n) is 8.43. The SMILES string of the molecule is CC(O)CC(=O)NC(Cc1ccccc1)C(=O)N1CCCC1C(=O)O. The van der Waals surface area contributed by atoms with Gasteiger partial charge in [0.1, 0.15) is 12.1 Å². The van der Waals surface area contributed by atoms with Gasteiger partial charge in [-0.25, -0.2) is 4.79 Å². The molecule has 2 amide bonds. The molecule has 7 heteroatoms. The second-order valence-corrected chi connectivity index (χ2v) is 6.39. The molecular formula is C18H24N2O5. The summed E-state index contributed by atoms with van der Waals surface area (Å²) in [5, 5.41) is 21.3. The Balaban J connectivity index is 2.16. The number of carbonyl (C=O) groups excluding carboxylic acids is 2. The summed E-state index contributed by atoms with van der Waals surface area (Å²) in [6.07, 6.45) is 0.393. The molecule has 1 aliphatic heterocycles. The van der Waals surface area contributed by atoms with E-state index in [0.29, 0.717) is 19.4 Å². The van der Waals surface area contributed by atoms with Gasteiger partial charge in [-0.3, -0.25) is 9.59 Å². The van der Waals surface area contributed by atoms with Crippen molar-refractivity contribution in [3.05, 3.63) is 35.9 Å². The van der Waals surface area contributed by atoms with Crippen LogP contribution in [0.1, 0.15) is 31.7 Å². The van der Waals surface area contributed by atoms with Gasteiger partial charge in [-0.1, -0.05) is 30.3 Å². The highest BCUT2D eigenvalue weighted by atomic mass is 16.4. The monoisotopic (exact) mass is 348 g/mol. The van der Waals surface area contributed by atoms with Crippen LogP contribution in [0.25, 0.3) is 0 Å². The third-order valence-corrected chi connectivity index (χ3v) is 4.22. The summed E-state index contributed by atoms with van der Waals surface area (Å²) in [4.78, 5) is 37.6. The van der Waals surface area contributed by atoms with E-state index >= 15 is 0 Å². The Hall–Kier alpha value is -2.41. The average molecular weight is 348 g/mol. The lowest BCUT2D eigenvalue weighted by atomic mass is 10.0. The van der Waals surface area contributed by atoms with Crippen molar-refractivity contribution >= 4 is 17.8 Å². The van der Waals surface area contributed by atoms with Crippen LogP contribution in [0.5, 0.6) is 0 Å². The first-order chi connectivity index (χ1) is 11.9. The number of rotatable bonds is 7. The fraction of sp³-hybridized carbons (Fsp3) is 0.500. The van der Waals surface area contributed by atoms with Gasteiger partial charge >= 0.3 is 5.97 Å². The molecule has 1 aliphatic rings. The van der Waals surface area contributed by atoms with E-state index in [4.69, 9.17) is 0 Å². The standard InChI is InChI=1S/C18H24N2O5/c1-12(21)10-16(22)19-14(11-13-6-3-2-4-7-13)17(23)20-9-5-8-15(20)18(24)25/h2-4,6-7,12,14-15,21H,5,8-11H2,1H3,(H,19,22)(H,24,25). The molecule has 0 radical (unpaired) electrons. The fourth-order valence-corrected chi connectivity index (χ4v) is 3.06. The first kappa shape index (κ1) is 18.9. The molecule has 3 N–H and O–H groups in total. The van der Waals surface area contributed by atoms with Crippen molar-refractivity contribution < 1.29 is 24.6 Å². The summed E-state index contributed by atoms with van der Waals surface area (Å²) in [6.45, 7) is 1.86. The van der Waals surface area contributed by atoms with Crippen molar-refractivity contribution in [2.24, 2.45) is 0 Å². The van der Waals surface area contributed by atoms with Crippen LogP contribution >= 0.6 is 0 Å². The Morgan fingerprint density at radius 3 is 2.56 bits per heavy atom. The van der Waals surface area contributed by atoms with Crippen molar-refractivity contribution in [1.29, 1.82) is 0 Å². The summed E-state index contributed by atoms with van der Waals surface area (Å²) >= 11 is 0. The molecule has 7 nitrogen and oxygen atoms in total. The molecule has 1 fully saturated rings. The lowest BCUT2D eigenvalue weighted by Gasteiger charge is -2.27. The topological polar surface area (TPSA) is 107 Å². The van der Waals surface area contributed by atoms with E-state index < -0.39 is 36.0 Å². The number of nitrogens with zero attached hydrogens (tertiary/aromatic N) is 1. The minimum absolute atomic E-state index is 0.110. The van der Waals surface area contributed by atoms with Gasteiger partial charge in [0.15, 0.2) is 0 Å². The molecule has 1 aromatic carbocycles. The fourth-order valence-electron chi connectivity index (χ4n) is 3.06. The quantitative estimate of drug-likeness (QED) is 0.667. The summed E-state index contributed by atoms with van der Waals surface area (Å²) in [5.41, 5.74) is 0.865. The van der Waals surface area contributed by atoms with Crippen molar-refractivity contribution in [1.82, 2.24) is 10.2 Å². The number of amides is 2. The molecule has 25 heavy (non-hydrogen) atoms. The van der Waals surface area contributed by atoms with Crippen molar-refractivity contribution in [3.8, 4) is 0 Å². The number of aliphatic carboxylic acids is 1. The Kier molecular flexibility index (Phi) is 6.52. The highest BCUT2D eigenvalue weighted by molar-refractivity contribution is 5.91. The lowest BCUT2D eigenvalue weighted by Crippen LogP contribution is -2.52. The summed E-state index contributed by atoms with van der Waals surface area (Å²) in [6, 6.07) is 7.52. The number of likely N-dealkylation sites (tertiary alicyclic amines) is 1. The van der Waals surface area contributed by atoms with E-state index in [1.165, 1.54) is 11.8 Å². The van der Waals surface area contributed by atoms with Gasteiger partial charge in [0.25, 0.3) is 0 Å². The highest BCUT2D eigenvalue weighted by Gasteiger charge is 2.37. The van der Waals surface area contributed by atoms with E-state index in [1.54, 1.807) is 0 Å². The zero-order chi connectivity index (χ0) is 18.4. The Bertz CT molecular complexity index is 617. The smallest absolute Gasteiger partial charge is 0.326 e. The van der Waals surface area contributed by atoms with Crippen LogP contribution in [0.2, 0.25) is 0 Å². The zero-order valence-electron chi connectivity index (χ0n) is 14.2. The van der Waals surface area contributed by atoms with Crippen molar-refractivity contribution in [3.63, 3.8) is 0 Å². The summed E-state index contributed by atoms with van der Waals surface area (Å²) in [7, 11) is 0. The molecule has 0 aromatic heterocycles. The first-order valence-corrected chi connectivity index (χ1v) is 8.43. The Morgan fingerprint density at radius 2 is 1.96 bits per heavy atom. The summed E-state index contributed by atoms with van der Waals surface area (Å²) < 4.78 is 0. The minimum Gasteiger partial charge on any atom is -0.480 e. The second kappa shape index (κ2) is 8.62. The van der Waals surface area contributed by atoms with Crippen LogP contribution in [0.15, 0.2) is 30.3 Å². The van der Waals surface area contributed by atoms with E-state index in [1.807, 2.05) is 30.3 Å². The van der Waals surface area contributed by atoms with E-state index in [-0.39, 0.29) is 12.8 Å². The van der Waals surface area contributed by atoms with E-state index in [9.17, 15) is 24.6 Å². The number of nitrogens with one attached hydrogen (secondary N) is 1. The number of carboxylic acids is 1. The van der Waals surface area contributed by atoms with Gasteiger partial charge in [0.05, 0.1) is 12.5 Å². The van der Waals surface area contributed by atoms with Crippen LogP contribution in [0.3, 0.4) is 0 Å². The van der Waals surface area contributed by atoms with E-state index in [2.05, 4.69) is 5.32 Å². The minimum atomic E-state index is -1.03. The zero-order valence-corrected chi connectivity index (χ0v) is 14.2. The number of carbonyl (C=O) groups is 3. The molecule has 0 bridgehead atoms. The molecule has 3 unspecified atom stereocenters. The molecule has 3 atom stereocenters. The number of aliphatic hydroxyl groups excluding tert-OH is 1. The molecule has 1 heterocycles. The average Bonchev–Trinajstić information content (AvgIpc) is 3.03. The molecule has 1 saturated heterocycles. The van der Waals surface area contributed by atoms with Crippen LogP contribution in [0, 0.1) is 0 Å². The molecule has 136 valence electrons. The Morgan fingerprint density at radius 1 is 1.28 bits per heavy atom. The number of carboxylic acid groups (broad SMARTS) is 1. The predicted molar refractivity (Wildman–Crippen MR) is 90.7 cm³/mol. The molecule has 2 rings (SSSR count). The van der Waals surface area contributed by atoms with Gasteiger partial charge in [-0.15, -0.1) is 0 Å². The molecule has 0 saturated carbocycles. The van der Waals surface area contributed by atoms with Crippen LogP contribution < -0.4 is 5.32 Å². The highest BCUT2D eigenvalue weighted by Crippen LogP contribution is 2.19. The number of aliphatic hydroxyl groups is 1. The number of hydrogen-bond acceptors (Lipinski definition) is 4. The normalized spacial score (nSPS) is 19.3. The maximum atomic E-state index is 12.9. The third kappa shape index (κ3) is 5.29. The lowest BCUT2D eigenvalue weighted by molar-refractivity contribution is -0.149. The van der Waals surface area contributed by atoms with Gasteiger partial charge < -0.3 is 20.4 Å². The Labute approximate surface area is 146 Å². The van der Waals surface area contributed by atoms with Crippen molar-refractivity contribution in [2.75, 3.05) is 6.54 Å². The maximum absolute atomic E-state index is 12.9. The molecular weight excluding hydrogens is 324 g/mol. The van der Waals surface area contributed by atoms with Crippen LogP contribution in [-0.4, -0.2) is 57.6 Å². The molecule has 0 aliphatic carbocycles. The van der Waals surface area contributed by atoms with Crippen LogP contribution in [0.4, 0.5) is 0 Å². The van der Waals surface area contributed by atoms with Crippen LogP contribution in [-0.2, 0) is 20.8 Å². The number of hydrogen-bond donors (Lipinski definition) is 3. The number of benzene rings is 1. The third-order valence-electron chi connectivity index (χ3n) is 4.22.